The first kappa shape index (κ1) is 10.3. The van der Waals surface area contributed by atoms with Crippen molar-refractivity contribution in [3.63, 3.8) is 0 Å². The molecule has 5 N–H and O–H groups in total. The van der Waals surface area contributed by atoms with Crippen molar-refractivity contribution in [2.24, 2.45) is 11.5 Å². The van der Waals surface area contributed by atoms with E-state index in [9.17, 15) is 4.79 Å². The third kappa shape index (κ3) is 5.78. The van der Waals surface area contributed by atoms with Gasteiger partial charge in [-0.2, -0.15) is 0 Å². The summed E-state index contributed by atoms with van der Waals surface area (Å²) >= 11 is 0. The average molecular weight is 161 g/mol. The van der Waals surface area contributed by atoms with Gasteiger partial charge in [-0.3, -0.25) is 4.79 Å². The lowest BCUT2D eigenvalue weighted by Gasteiger charge is -2.07. The fraction of sp³-hybridized carbons (Fsp3) is 0.833. The molecule has 11 heavy (non-hydrogen) atoms. The largest absolute Gasteiger partial charge is 0.383 e. The Morgan fingerprint density at radius 1 is 1.73 bits per heavy atom. The zero-order chi connectivity index (χ0) is 8.69. The predicted molar refractivity (Wildman–Crippen MR) is 41.9 cm³/mol. The minimum absolute atomic E-state index is 0.401. The summed E-state index contributed by atoms with van der Waals surface area (Å²) in [5.41, 5.74) is 10.2. The third-order valence-corrected chi connectivity index (χ3v) is 1.21. The van der Waals surface area contributed by atoms with Crippen LogP contribution in [0.1, 0.15) is 0 Å². The third-order valence-electron chi connectivity index (χ3n) is 1.21. The van der Waals surface area contributed by atoms with Crippen molar-refractivity contribution in [3.05, 3.63) is 0 Å². The highest BCUT2D eigenvalue weighted by atomic mass is 16.5. The van der Waals surface area contributed by atoms with Crippen LogP contribution in [0.4, 0.5) is 0 Å². The maximum Gasteiger partial charge on any atom is 0.235 e. The SMILES string of the molecule is COCCNCC(N)C(N)=O. The van der Waals surface area contributed by atoms with Gasteiger partial charge in [0.2, 0.25) is 5.91 Å². The van der Waals surface area contributed by atoms with E-state index >= 15 is 0 Å². The lowest BCUT2D eigenvalue weighted by atomic mass is 10.3. The molecule has 1 amide bonds. The number of methoxy groups -OCH3 is 1. The number of nitrogens with one attached hydrogen (secondary N) is 1. The molecule has 0 radical (unpaired) electrons. The van der Waals surface area contributed by atoms with Crippen molar-refractivity contribution < 1.29 is 9.53 Å². The fourth-order valence-electron chi connectivity index (χ4n) is 0.532. The molecule has 5 nitrogen and oxygen atoms in total. The lowest BCUT2D eigenvalue weighted by Crippen LogP contribution is -2.44. The van der Waals surface area contributed by atoms with Crippen molar-refractivity contribution in [1.82, 2.24) is 5.32 Å². The molecule has 0 aromatic rings. The zero-order valence-electron chi connectivity index (χ0n) is 6.67. The molecule has 1 atom stereocenters. The molecule has 0 heterocycles. The number of ether oxygens (including phenoxy) is 1. The number of carbonyl (C=O) groups is 1. The first-order chi connectivity index (χ1) is 5.18. The fourth-order valence-corrected chi connectivity index (χ4v) is 0.532. The minimum Gasteiger partial charge on any atom is -0.383 e. The molecular formula is C6H15N3O2. The molecule has 0 rings (SSSR count). The van der Waals surface area contributed by atoms with Crippen LogP contribution in [-0.4, -0.2) is 38.8 Å². The smallest absolute Gasteiger partial charge is 0.235 e. The van der Waals surface area contributed by atoms with Crippen molar-refractivity contribution in [1.29, 1.82) is 0 Å². The molecule has 0 aliphatic carbocycles. The Balaban J connectivity index is 3.17. The van der Waals surface area contributed by atoms with Gasteiger partial charge in [-0.25, -0.2) is 0 Å². The average Bonchev–Trinajstić information content (AvgIpc) is 1.97. The summed E-state index contributed by atoms with van der Waals surface area (Å²) in [5.74, 6) is -0.491. The molecule has 1 unspecified atom stereocenters. The highest BCUT2D eigenvalue weighted by molar-refractivity contribution is 5.79. The van der Waals surface area contributed by atoms with Gasteiger partial charge in [-0.15, -0.1) is 0 Å². The van der Waals surface area contributed by atoms with E-state index in [-0.39, 0.29) is 0 Å². The number of hydrogen-bond donors (Lipinski definition) is 3. The van der Waals surface area contributed by atoms with Gasteiger partial charge < -0.3 is 21.5 Å². The maximum absolute atomic E-state index is 10.4. The number of primary amides is 1. The topological polar surface area (TPSA) is 90.4 Å². The molecular weight excluding hydrogens is 146 g/mol. The van der Waals surface area contributed by atoms with E-state index in [1.807, 2.05) is 0 Å². The molecule has 5 heteroatoms. The quantitative estimate of drug-likeness (QED) is 0.394. The Morgan fingerprint density at radius 2 is 2.36 bits per heavy atom. The van der Waals surface area contributed by atoms with Gasteiger partial charge in [-0.05, 0) is 0 Å². The monoisotopic (exact) mass is 161 g/mol. The molecule has 0 aromatic carbocycles. The molecule has 0 fully saturated rings. The van der Waals surface area contributed by atoms with Gasteiger partial charge >= 0.3 is 0 Å². The Labute approximate surface area is 66.1 Å². The van der Waals surface area contributed by atoms with E-state index in [4.69, 9.17) is 16.2 Å². The van der Waals surface area contributed by atoms with Gasteiger partial charge in [0.05, 0.1) is 12.6 Å². The van der Waals surface area contributed by atoms with E-state index < -0.39 is 11.9 Å². The predicted octanol–water partition coefficient (Wildman–Crippen LogP) is -1.96. The summed E-state index contributed by atoms with van der Waals surface area (Å²) < 4.78 is 4.76. The van der Waals surface area contributed by atoms with Crippen molar-refractivity contribution in [3.8, 4) is 0 Å². The lowest BCUT2D eigenvalue weighted by molar-refractivity contribution is -0.119. The Kier molecular flexibility index (Phi) is 5.73. The molecule has 0 aromatic heterocycles. The van der Waals surface area contributed by atoms with Crippen molar-refractivity contribution in [2.75, 3.05) is 26.8 Å². The number of carbonyl (C=O) groups excluding carboxylic acids is 1. The van der Waals surface area contributed by atoms with Crippen LogP contribution in [0.2, 0.25) is 0 Å². The van der Waals surface area contributed by atoms with Crippen LogP contribution in [0, 0.1) is 0 Å². The molecule has 0 aliphatic heterocycles. The number of amides is 1. The highest BCUT2D eigenvalue weighted by Gasteiger charge is 2.06. The highest BCUT2D eigenvalue weighted by Crippen LogP contribution is 1.72. The van der Waals surface area contributed by atoms with Crippen LogP contribution >= 0.6 is 0 Å². The molecule has 0 bridgehead atoms. The van der Waals surface area contributed by atoms with E-state index in [1.54, 1.807) is 7.11 Å². The summed E-state index contributed by atoms with van der Waals surface area (Å²) in [7, 11) is 1.61. The van der Waals surface area contributed by atoms with Crippen LogP contribution in [0.5, 0.6) is 0 Å². The van der Waals surface area contributed by atoms with Gasteiger partial charge in [0.1, 0.15) is 0 Å². The van der Waals surface area contributed by atoms with Gasteiger partial charge in [0.25, 0.3) is 0 Å². The second-order valence-electron chi connectivity index (χ2n) is 2.21. The number of rotatable bonds is 6. The van der Waals surface area contributed by atoms with E-state index in [1.165, 1.54) is 0 Å². The first-order valence-corrected chi connectivity index (χ1v) is 3.43. The van der Waals surface area contributed by atoms with E-state index in [0.717, 1.165) is 0 Å². The van der Waals surface area contributed by atoms with Gasteiger partial charge in [0.15, 0.2) is 0 Å². The number of nitrogens with two attached hydrogens (primary N) is 2. The molecule has 0 saturated heterocycles. The summed E-state index contributed by atoms with van der Waals surface area (Å²) in [4.78, 5) is 10.4. The maximum atomic E-state index is 10.4. The van der Waals surface area contributed by atoms with Gasteiger partial charge in [-0.1, -0.05) is 0 Å². The summed E-state index contributed by atoms with van der Waals surface area (Å²) in [6.45, 7) is 1.68. The Bertz CT molecular complexity index is 118. The minimum atomic E-state index is -0.605. The second kappa shape index (κ2) is 6.09. The van der Waals surface area contributed by atoms with Crippen LogP contribution in [0.15, 0.2) is 0 Å². The molecule has 0 spiro atoms. The molecule has 66 valence electrons. The second-order valence-corrected chi connectivity index (χ2v) is 2.21. The van der Waals surface area contributed by atoms with Crippen molar-refractivity contribution in [2.45, 2.75) is 6.04 Å². The first-order valence-electron chi connectivity index (χ1n) is 3.43. The van der Waals surface area contributed by atoms with Crippen LogP contribution in [0.3, 0.4) is 0 Å². The summed E-state index contributed by atoms with van der Waals surface area (Å²) in [6.07, 6.45) is 0. The zero-order valence-corrected chi connectivity index (χ0v) is 6.67. The summed E-state index contributed by atoms with van der Waals surface area (Å²) in [5, 5.41) is 2.92. The number of hydrogen-bond acceptors (Lipinski definition) is 4. The molecule has 0 aliphatic rings. The summed E-state index contributed by atoms with van der Waals surface area (Å²) in [6, 6.07) is -0.605. The van der Waals surface area contributed by atoms with Crippen LogP contribution in [-0.2, 0) is 9.53 Å². The van der Waals surface area contributed by atoms with Crippen molar-refractivity contribution >= 4 is 5.91 Å². The Morgan fingerprint density at radius 3 is 2.82 bits per heavy atom. The Hall–Kier alpha value is -0.650. The normalized spacial score (nSPS) is 12.9. The van der Waals surface area contributed by atoms with E-state index in [0.29, 0.717) is 19.7 Å². The van der Waals surface area contributed by atoms with E-state index in [2.05, 4.69) is 5.32 Å². The van der Waals surface area contributed by atoms with Crippen LogP contribution in [0.25, 0.3) is 0 Å². The van der Waals surface area contributed by atoms with Crippen LogP contribution < -0.4 is 16.8 Å². The van der Waals surface area contributed by atoms with Gasteiger partial charge in [0, 0.05) is 20.2 Å². The standard InChI is InChI=1S/C6H15N3O2/c1-11-3-2-9-4-5(7)6(8)10/h5,9H,2-4,7H2,1H3,(H2,8,10). The molecule has 0 saturated carbocycles.